The Hall–Kier alpha value is -3.63. The standard InChI is InChI=1S/C34H46ClN7O3/c1-7-26-22-41(30-28(35)20-24(21-38-30)29-36-14-15-37-29)18-19-42(26)27-12-16-40(17-13-27)31(43)23-8-10-25(11-9-23)34(5,6)39-32(44)45-33(2,3)4/h8-11,14-15,20-21,26-27H,7,12-13,16-19,22H2,1-6H3,(H,36,37)(H,39,44)/t26-/m0/s1. The first-order valence-corrected chi connectivity index (χ1v) is 16.3. The summed E-state index contributed by atoms with van der Waals surface area (Å²) in [5.41, 5.74) is 1.21. The molecule has 5 rings (SSSR count). The Bertz CT molecular complexity index is 1460. The number of hydrogen-bond acceptors (Lipinski definition) is 7. The van der Waals surface area contributed by atoms with Crippen LogP contribution in [0.3, 0.4) is 0 Å². The number of benzene rings is 1. The van der Waals surface area contributed by atoms with E-state index in [1.54, 1.807) is 12.4 Å². The average Bonchev–Trinajstić information content (AvgIpc) is 3.55. The lowest BCUT2D eigenvalue weighted by Crippen LogP contribution is -2.58. The van der Waals surface area contributed by atoms with Crippen molar-refractivity contribution in [1.29, 1.82) is 0 Å². The minimum Gasteiger partial charge on any atom is -0.444 e. The maximum Gasteiger partial charge on any atom is 0.408 e. The average molecular weight is 636 g/mol. The van der Waals surface area contributed by atoms with Gasteiger partial charge in [0.25, 0.3) is 5.91 Å². The molecule has 2 aliphatic heterocycles. The number of aromatic amines is 1. The predicted molar refractivity (Wildman–Crippen MR) is 178 cm³/mol. The molecular weight excluding hydrogens is 590 g/mol. The Morgan fingerprint density at radius 3 is 2.36 bits per heavy atom. The van der Waals surface area contributed by atoms with Crippen LogP contribution in [0.4, 0.5) is 10.6 Å². The van der Waals surface area contributed by atoms with E-state index in [9.17, 15) is 9.59 Å². The molecule has 2 N–H and O–H groups in total. The third-order valence-electron chi connectivity index (χ3n) is 8.78. The van der Waals surface area contributed by atoms with E-state index in [4.69, 9.17) is 21.3 Å². The number of piperazine rings is 1. The lowest BCUT2D eigenvalue weighted by atomic mass is 9.93. The molecule has 0 aliphatic carbocycles. The van der Waals surface area contributed by atoms with Crippen LogP contribution in [-0.2, 0) is 10.3 Å². The van der Waals surface area contributed by atoms with Crippen molar-refractivity contribution < 1.29 is 14.3 Å². The number of nitrogens with zero attached hydrogens (tertiary/aromatic N) is 5. The first kappa shape index (κ1) is 32.8. The predicted octanol–water partition coefficient (Wildman–Crippen LogP) is 6.09. The molecule has 1 atom stereocenters. The van der Waals surface area contributed by atoms with Gasteiger partial charge in [0.1, 0.15) is 17.2 Å². The highest BCUT2D eigenvalue weighted by molar-refractivity contribution is 6.33. The quantitative estimate of drug-likeness (QED) is 0.324. The number of rotatable bonds is 7. The largest absolute Gasteiger partial charge is 0.444 e. The lowest BCUT2D eigenvalue weighted by molar-refractivity contribution is 0.0466. The van der Waals surface area contributed by atoms with Crippen molar-refractivity contribution in [3.8, 4) is 11.4 Å². The van der Waals surface area contributed by atoms with E-state index in [0.717, 1.165) is 74.8 Å². The molecule has 0 spiro atoms. The number of imidazole rings is 1. The van der Waals surface area contributed by atoms with E-state index in [-0.39, 0.29) is 5.91 Å². The second-order valence-electron chi connectivity index (χ2n) is 13.6. The van der Waals surface area contributed by atoms with Gasteiger partial charge < -0.3 is 24.8 Å². The van der Waals surface area contributed by atoms with Crippen LogP contribution < -0.4 is 10.2 Å². The molecule has 3 aromatic rings. The first-order chi connectivity index (χ1) is 21.3. The summed E-state index contributed by atoms with van der Waals surface area (Å²) in [5.74, 6) is 1.62. The molecule has 2 saturated heterocycles. The van der Waals surface area contributed by atoms with Gasteiger partial charge in [-0.3, -0.25) is 9.69 Å². The molecule has 11 heteroatoms. The van der Waals surface area contributed by atoms with Gasteiger partial charge in [-0.25, -0.2) is 14.8 Å². The summed E-state index contributed by atoms with van der Waals surface area (Å²) in [4.78, 5) is 44.8. The Morgan fingerprint density at radius 1 is 1.04 bits per heavy atom. The molecule has 4 heterocycles. The summed E-state index contributed by atoms with van der Waals surface area (Å²) < 4.78 is 5.42. The fourth-order valence-electron chi connectivity index (χ4n) is 6.37. The number of likely N-dealkylation sites (tertiary alicyclic amines) is 1. The van der Waals surface area contributed by atoms with E-state index in [1.165, 1.54) is 0 Å². The van der Waals surface area contributed by atoms with E-state index >= 15 is 0 Å². The number of nitrogens with one attached hydrogen (secondary N) is 2. The number of hydrogen-bond donors (Lipinski definition) is 2. The maximum absolute atomic E-state index is 13.4. The fourth-order valence-corrected chi connectivity index (χ4v) is 6.65. The zero-order valence-electron chi connectivity index (χ0n) is 27.3. The van der Waals surface area contributed by atoms with Gasteiger partial charge in [-0.05, 0) is 77.6 Å². The van der Waals surface area contributed by atoms with E-state index in [0.29, 0.717) is 22.7 Å². The second kappa shape index (κ2) is 13.4. The number of alkyl carbamates (subject to hydrolysis) is 1. The molecular formula is C34H46ClN7O3. The van der Waals surface area contributed by atoms with E-state index < -0.39 is 17.2 Å². The number of halogens is 1. The number of aromatic nitrogens is 3. The topological polar surface area (TPSA) is 107 Å². The minimum absolute atomic E-state index is 0.0495. The van der Waals surface area contributed by atoms with Gasteiger partial charge in [-0.15, -0.1) is 0 Å². The number of H-pyrrole nitrogens is 1. The van der Waals surface area contributed by atoms with Crippen molar-refractivity contribution in [3.63, 3.8) is 0 Å². The number of amides is 2. The van der Waals surface area contributed by atoms with Crippen LogP contribution in [0.15, 0.2) is 48.9 Å². The normalized spacial score (nSPS) is 18.6. The summed E-state index contributed by atoms with van der Waals surface area (Å²) in [6.45, 7) is 15.7. The van der Waals surface area contributed by atoms with Crippen molar-refractivity contribution in [1.82, 2.24) is 30.1 Å². The summed E-state index contributed by atoms with van der Waals surface area (Å²) >= 11 is 6.70. The Labute approximate surface area is 271 Å². The van der Waals surface area contributed by atoms with Crippen LogP contribution in [0.1, 0.15) is 76.7 Å². The van der Waals surface area contributed by atoms with Crippen molar-refractivity contribution in [2.45, 2.75) is 84.0 Å². The lowest BCUT2D eigenvalue weighted by Gasteiger charge is -2.47. The van der Waals surface area contributed by atoms with Crippen LogP contribution >= 0.6 is 11.6 Å². The second-order valence-corrected chi connectivity index (χ2v) is 14.0. The molecule has 242 valence electrons. The van der Waals surface area contributed by atoms with Crippen LogP contribution in [0, 0.1) is 0 Å². The molecule has 2 aliphatic rings. The number of carbonyl (C=O) groups is 2. The number of pyridine rings is 1. The molecule has 2 aromatic heterocycles. The third-order valence-corrected chi connectivity index (χ3v) is 9.06. The van der Waals surface area contributed by atoms with Crippen LogP contribution in [-0.4, -0.2) is 87.2 Å². The summed E-state index contributed by atoms with van der Waals surface area (Å²) in [6.07, 6.45) is 7.79. The van der Waals surface area contributed by atoms with Crippen molar-refractivity contribution in [3.05, 3.63) is 65.1 Å². The smallest absolute Gasteiger partial charge is 0.408 e. The van der Waals surface area contributed by atoms with Crippen molar-refractivity contribution in [2.24, 2.45) is 0 Å². The highest BCUT2D eigenvalue weighted by Gasteiger charge is 2.35. The molecule has 1 aromatic carbocycles. The van der Waals surface area contributed by atoms with Crippen molar-refractivity contribution >= 4 is 29.4 Å². The van der Waals surface area contributed by atoms with Crippen LogP contribution in [0.2, 0.25) is 5.02 Å². The SMILES string of the molecule is CC[C@H]1CN(c2ncc(-c3ncc[nH]3)cc2Cl)CCN1C1CCN(C(=O)c2ccc(C(C)(C)NC(=O)OC(C)(C)C)cc2)CC1. The third kappa shape index (κ3) is 7.79. The fraction of sp³-hybridized carbons (Fsp3) is 0.529. The maximum atomic E-state index is 13.4. The molecule has 0 unspecified atom stereocenters. The van der Waals surface area contributed by atoms with Crippen LogP contribution in [0.5, 0.6) is 0 Å². The summed E-state index contributed by atoms with van der Waals surface area (Å²) in [6, 6.07) is 10.3. The number of piperidine rings is 1. The van der Waals surface area contributed by atoms with Crippen molar-refractivity contribution in [2.75, 3.05) is 37.6 Å². The van der Waals surface area contributed by atoms with Gasteiger partial charge in [0.2, 0.25) is 0 Å². The molecule has 2 fully saturated rings. The van der Waals surface area contributed by atoms with Gasteiger partial charge in [-0.2, -0.15) is 0 Å². The van der Waals surface area contributed by atoms with Gasteiger partial charge >= 0.3 is 6.09 Å². The first-order valence-electron chi connectivity index (χ1n) is 15.9. The van der Waals surface area contributed by atoms with Gasteiger partial charge in [0.05, 0.1) is 10.6 Å². The molecule has 0 bridgehead atoms. The Kier molecular flexibility index (Phi) is 9.74. The zero-order chi connectivity index (χ0) is 32.4. The molecule has 45 heavy (non-hydrogen) atoms. The molecule has 0 saturated carbocycles. The van der Waals surface area contributed by atoms with Gasteiger partial charge in [0.15, 0.2) is 0 Å². The Morgan fingerprint density at radius 2 is 1.76 bits per heavy atom. The van der Waals surface area contributed by atoms with E-state index in [1.807, 2.05) is 76.0 Å². The minimum atomic E-state index is -0.646. The van der Waals surface area contributed by atoms with Crippen LogP contribution in [0.25, 0.3) is 11.4 Å². The Balaban J connectivity index is 1.15. The number of anilines is 1. The number of carbonyl (C=O) groups excluding carboxylic acids is 2. The summed E-state index contributed by atoms with van der Waals surface area (Å²) in [5, 5.41) is 3.56. The monoisotopic (exact) mass is 635 g/mol. The highest BCUT2D eigenvalue weighted by Crippen LogP contribution is 2.31. The highest BCUT2D eigenvalue weighted by atomic mass is 35.5. The molecule has 2 amide bonds. The zero-order valence-corrected chi connectivity index (χ0v) is 28.0. The molecule has 10 nitrogen and oxygen atoms in total. The van der Waals surface area contributed by atoms with E-state index in [2.05, 4.69) is 32.0 Å². The van der Waals surface area contributed by atoms with Gasteiger partial charge in [0, 0.05) is 74.5 Å². The van der Waals surface area contributed by atoms with Gasteiger partial charge in [-0.1, -0.05) is 30.7 Å². The number of ether oxygens (including phenoxy) is 1. The molecule has 0 radical (unpaired) electrons. The summed E-state index contributed by atoms with van der Waals surface area (Å²) in [7, 11) is 0.